The van der Waals surface area contributed by atoms with Crippen LogP contribution in [0.2, 0.25) is 0 Å². The summed E-state index contributed by atoms with van der Waals surface area (Å²) in [4.78, 5) is 20.0. The van der Waals surface area contributed by atoms with Gasteiger partial charge in [0.2, 0.25) is 5.91 Å². The Balaban J connectivity index is 2.50. The molecule has 0 spiro atoms. The molecule has 0 aromatic carbocycles. The van der Waals surface area contributed by atoms with Crippen LogP contribution < -0.4 is 5.32 Å². The summed E-state index contributed by atoms with van der Waals surface area (Å²) in [5.74, 6) is 0.0388. The molecule has 16 heavy (non-hydrogen) atoms. The number of carbonyl (C=O) groups excluding carboxylic acids is 1. The van der Waals surface area contributed by atoms with Crippen LogP contribution >= 0.6 is 11.8 Å². The standard InChI is InChI=1S/C11H17N3OS/c1-4-6-12-10(15)9(3)16-11-13-7-5-8(2)14-11/h5,7,9H,4,6H2,1-3H3,(H,12,15)/t9-/m0/s1. The van der Waals surface area contributed by atoms with Crippen LogP contribution in [0.5, 0.6) is 0 Å². The van der Waals surface area contributed by atoms with Crippen molar-refractivity contribution in [1.29, 1.82) is 0 Å². The molecule has 0 radical (unpaired) electrons. The van der Waals surface area contributed by atoms with Gasteiger partial charge in [-0.1, -0.05) is 18.7 Å². The molecule has 0 aliphatic heterocycles. The summed E-state index contributed by atoms with van der Waals surface area (Å²) in [5.41, 5.74) is 0.915. The normalized spacial score (nSPS) is 12.2. The van der Waals surface area contributed by atoms with Gasteiger partial charge >= 0.3 is 0 Å². The molecule has 1 aromatic rings. The highest BCUT2D eigenvalue weighted by atomic mass is 32.2. The molecule has 5 heteroatoms. The first-order valence-electron chi connectivity index (χ1n) is 5.37. The van der Waals surface area contributed by atoms with Crippen molar-refractivity contribution in [2.24, 2.45) is 0 Å². The molecule has 1 atom stereocenters. The Morgan fingerprint density at radius 2 is 2.38 bits per heavy atom. The summed E-state index contributed by atoms with van der Waals surface area (Å²) in [6, 6.07) is 1.84. The lowest BCUT2D eigenvalue weighted by atomic mass is 10.4. The Labute approximate surface area is 100 Å². The predicted molar refractivity (Wildman–Crippen MR) is 65.4 cm³/mol. The van der Waals surface area contributed by atoms with Crippen LogP contribution in [-0.4, -0.2) is 27.7 Å². The van der Waals surface area contributed by atoms with Crippen LogP contribution in [0.4, 0.5) is 0 Å². The second-order valence-electron chi connectivity index (χ2n) is 3.53. The number of hydrogen-bond donors (Lipinski definition) is 1. The minimum atomic E-state index is -0.159. The van der Waals surface area contributed by atoms with Gasteiger partial charge in [-0.25, -0.2) is 9.97 Å². The molecule has 1 amide bonds. The molecule has 0 fully saturated rings. The van der Waals surface area contributed by atoms with Gasteiger partial charge < -0.3 is 5.32 Å². The number of aryl methyl sites for hydroxylation is 1. The molecule has 1 N–H and O–H groups in total. The third kappa shape index (κ3) is 4.18. The van der Waals surface area contributed by atoms with E-state index in [2.05, 4.69) is 15.3 Å². The molecular weight excluding hydrogens is 222 g/mol. The Morgan fingerprint density at radius 1 is 1.62 bits per heavy atom. The third-order valence-corrected chi connectivity index (χ3v) is 2.95. The molecule has 1 aromatic heterocycles. The van der Waals surface area contributed by atoms with Crippen LogP contribution in [0, 0.1) is 6.92 Å². The Morgan fingerprint density at radius 3 is 3.00 bits per heavy atom. The zero-order valence-corrected chi connectivity index (χ0v) is 10.7. The van der Waals surface area contributed by atoms with Crippen LogP contribution in [-0.2, 0) is 4.79 Å². The number of hydrogen-bond acceptors (Lipinski definition) is 4. The van der Waals surface area contributed by atoms with Crippen molar-refractivity contribution in [3.63, 3.8) is 0 Å². The van der Waals surface area contributed by atoms with E-state index in [4.69, 9.17) is 0 Å². The number of rotatable bonds is 5. The van der Waals surface area contributed by atoms with Gasteiger partial charge in [-0.15, -0.1) is 0 Å². The van der Waals surface area contributed by atoms with Crippen LogP contribution in [0.3, 0.4) is 0 Å². The van der Waals surface area contributed by atoms with Gasteiger partial charge in [0, 0.05) is 18.4 Å². The zero-order valence-electron chi connectivity index (χ0n) is 9.86. The molecule has 4 nitrogen and oxygen atoms in total. The fraction of sp³-hybridized carbons (Fsp3) is 0.545. The Bertz CT molecular complexity index is 357. The van der Waals surface area contributed by atoms with Crippen molar-refractivity contribution in [3.8, 4) is 0 Å². The number of thioether (sulfide) groups is 1. The first-order chi connectivity index (χ1) is 7.63. The van der Waals surface area contributed by atoms with Gasteiger partial charge in [0.1, 0.15) is 0 Å². The minimum absolute atomic E-state index is 0.0388. The summed E-state index contributed by atoms with van der Waals surface area (Å²) in [7, 11) is 0. The zero-order chi connectivity index (χ0) is 12.0. The lowest BCUT2D eigenvalue weighted by Crippen LogP contribution is -2.31. The number of carbonyl (C=O) groups is 1. The predicted octanol–water partition coefficient (Wildman–Crippen LogP) is 1.79. The lowest BCUT2D eigenvalue weighted by molar-refractivity contribution is -0.120. The van der Waals surface area contributed by atoms with Crippen molar-refractivity contribution in [3.05, 3.63) is 18.0 Å². The van der Waals surface area contributed by atoms with E-state index in [0.717, 1.165) is 18.7 Å². The second-order valence-corrected chi connectivity index (χ2v) is 4.84. The number of aromatic nitrogens is 2. The largest absolute Gasteiger partial charge is 0.355 e. The first-order valence-corrected chi connectivity index (χ1v) is 6.25. The molecule has 1 heterocycles. The average molecular weight is 239 g/mol. The second kappa shape index (κ2) is 6.48. The Kier molecular flexibility index (Phi) is 5.25. The summed E-state index contributed by atoms with van der Waals surface area (Å²) >= 11 is 1.38. The van der Waals surface area contributed by atoms with Crippen molar-refractivity contribution in [2.45, 2.75) is 37.6 Å². The molecular formula is C11H17N3OS. The van der Waals surface area contributed by atoms with E-state index in [0.29, 0.717) is 5.16 Å². The van der Waals surface area contributed by atoms with Gasteiger partial charge in [-0.2, -0.15) is 0 Å². The van der Waals surface area contributed by atoms with Crippen LogP contribution in [0.25, 0.3) is 0 Å². The summed E-state index contributed by atoms with van der Waals surface area (Å²) < 4.78 is 0. The number of amides is 1. The third-order valence-electron chi connectivity index (χ3n) is 1.97. The minimum Gasteiger partial charge on any atom is -0.355 e. The molecule has 0 bridgehead atoms. The van der Waals surface area contributed by atoms with E-state index in [1.807, 2.05) is 26.8 Å². The highest BCUT2D eigenvalue weighted by molar-refractivity contribution is 8.00. The van der Waals surface area contributed by atoms with Gasteiger partial charge in [-0.05, 0) is 26.3 Å². The molecule has 88 valence electrons. The Hall–Kier alpha value is -1.10. The van der Waals surface area contributed by atoms with E-state index >= 15 is 0 Å². The molecule has 1 rings (SSSR count). The molecule has 0 saturated heterocycles. The smallest absolute Gasteiger partial charge is 0.233 e. The van der Waals surface area contributed by atoms with Crippen LogP contribution in [0.15, 0.2) is 17.4 Å². The molecule has 0 unspecified atom stereocenters. The highest BCUT2D eigenvalue weighted by Crippen LogP contribution is 2.18. The number of nitrogens with zero attached hydrogens (tertiary/aromatic N) is 2. The quantitative estimate of drug-likeness (QED) is 0.628. The van der Waals surface area contributed by atoms with Crippen molar-refractivity contribution in [1.82, 2.24) is 15.3 Å². The first kappa shape index (κ1) is 13.0. The van der Waals surface area contributed by atoms with Crippen molar-refractivity contribution in [2.75, 3.05) is 6.54 Å². The topological polar surface area (TPSA) is 54.9 Å². The monoisotopic (exact) mass is 239 g/mol. The molecule has 0 saturated carbocycles. The maximum Gasteiger partial charge on any atom is 0.233 e. The summed E-state index contributed by atoms with van der Waals surface area (Å²) in [5, 5.41) is 3.34. The van der Waals surface area contributed by atoms with Crippen LogP contribution in [0.1, 0.15) is 26.0 Å². The SMILES string of the molecule is CCCNC(=O)[C@H](C)Sc1nccc(C)n1. The van der Waals surface area contributed by atoms with Crippen molar-refractivity contribution < 1.29 is 4.79 Å². The maximum absolute atomic E-state index is 11.6. The summed E-state index contributed by atoms with van der Waals surface area (Å²) in [6.07, 6.45) is 2.66. The van der Waals surface area contributed by atoms with Gasteiger partial charge in [-0.3, -0.25) is 4.79 Å². The van der Waals surface area contributed by atoms with Gasteiger partial charge in [0.15, 0.2) is 5.16 Å². The van der Waals surface area contributed by atoms with E-state index in [1.54, 1.807) is 6.20 Å². The summed E-state index contributed by atoms with van der Waals surface area (Å²) in [6.45, 7) is 6.52. The van der Waals surface area contributed by atoms with E-state index in [1.165, 1.54) is 11.8 Å². The average Bonchev–Trinajstić information content (AvgIpc) is 2.25. The number of nitrogens with one attached hydrogen (secondary N) is 1. The molecule has 0 aliphatic rings. The highest BCUT2D eigenvalue weighted by Gasteiger charge is 2.14. The fourth-order valence-corrected chi connectivity index (χ4v) is 1.91. The maximum atomic E-state index is 11.6. The lowest BCUT2D eigenvalue weighted by Gasteiger charge is -2.10. The van der Waals surface area contributed by atoms with Gasteiger partial charge in [0.05, 0.1) is 5.25 Å². The molecule has 0 aliphatic carbocycles. The fourth-order valence-electron chi connectivity index (χ4n) is 1.09. The van der Waals surface area contributed by atoms with E-state index < -0.39 is 0 Å². The van der Waals surface area contributed by atoms with Gasteiger partial charge in [0.25, 0.3) is 0 Å². The van der Waals surface area contributed by atoms with E-state index in [9.17, 15) is 4.79 Å². The van der Waals surface area contributed by atoms with Crippen molar-refractivity contribution >= 4 is 17.7 Å². The van der Waals surface area contributed by atoms with E-state index in [-0.39, 0.29) is 11.2 Å².